The lowest BCUT2D eigenvalue weighted by atomic mass is 10.1. The van der Waals surface area contributed by atoms with E-state index in [1.807, 2.05) is 19.2 Å². The molecule has 0 aliphatic heterocycles. The van der Waals surface area contributed by atoms with Gasteiger partial charge in [0.15, 0.2) is 0 Å². The molecule has 1 rings (SSSR count). The van der Waals surface area contributed by atoms with E-state index in [9.17, 15) is 5.26 Å². The van der Waals surface area contributed by atoms with Crippen LogP contribution >= 0.6 is 0 Å². The first-order valence-corrected chi connectivity index (χ1v) is 7.16. The average Bonchev–Trinajstić information content (AvgIpc) is 2.47. The fourth-order valence-corrected chi connectivity index (χ4v) is 2.09. The van der Waals surface area contributed by atoms with Crippen LogP contribution in [0.5, 0.6) is 0 Å². The second-order valence-electron chi connectivity index (χ2n) is 4.91. The zero-order valence-corrected chi connectivity index (χ0v) is 12.8. The molecule has 110 valence electrons. The van der Waals surface area contributed by atoms with Crippen LogP contribution < -0.4 is 10.2 Å². The van der Waals surface area contributed by atoms with Gasteiger partial charge in [0, 0.05) is 33.9 Å². The van der Waals surface area contributed by atoms with Crippen LogP contribution in [0.4, 0.5) is 5.69 Å². The first-order valence-electron chi connectivity index (χ1n) is 7.16. The van der Waals surface area contributed by atoms with Gasteiger partial charge in [-0.05, 0) is 37.1 Å². The van der Waals surface area contributed by atoms with Crippen LogP contribution in [0.15, 0.2) is 18.2 Å². The molecule has 0 aliphatic carbocycles. The molecular weight excluding hydrogens is 250 g/mol. The Morgan fingerprint density at radius 1 is 1.40 bits per heavy atom. The molecule has 1 aromatic carbocycles. The number of hydrogen-bond donors (Lipinski definition) is 1. The van der Waals surface area contributed by atoms with Crippen LogP contribution in [0.25, 0.3) is 0 Å². The summed E-state index contributed by atoms with van der Waals surface area (Å²) in [5.74, 6) is 0. The lowest BCUT2D eigenvalue weighted by Gasteiger charge is -2.21. The van der Waals surface area contributed by atoms with Gasteiger partial charge in [0.1, 0.15) is 6.07 Å². The predicted molar refractivity (Wildman–Crippen MR) is 82.9 cm³/mol. The van der Waals surface area contributed by atoms with E-state index in [4.69, 9.17) is 4.74 Å². The number of nitriles is 1. The molecule has 0 spiro atoms. The van der Waals surface area contributed by atoms with Crippen molar-refractivity contribution >= 4 is 5.69 Å². The van der Waals surface area contributed by atoms with Gasteiger partial charge in [-0.3, -0.25) is 0 Å². The van der Waals surface area contributed by atoms with Gasteiger partial charge in [-0.25, -0.2) is 0 Å². The zero-order valence-electron chi connectivity index (χ0n) is 12.8. The summed E-state index contributed by atoms with van der Waals surface area (Å²) in [6.45, 7) is 5.59. The molecule has 0 atom stereocenters. The van der Waals surface area contributed by atoms with E-state index in [0.29, 0.717) is 0 Å². The van der Waals surface area contributed by atoms with Crippen LogP contribution in [0, 0.1) is 11.3 Å². The topological polar surface area (TPSA) is 48.3 Å². The molecule has 0 radical (unpaired) electrons. The molecule has 0 saturated carbocycles. The smallest absolute Gasteiger partial charge is 0.101 e. The van der Waals surface area contributed by atoms with E-state index in [2.05, 4.69) is 29.3 Å². The average molecular weight is 275 g/mol. The maximum absolute atomic E-state index is 9.31. The number of benzene rings is 1. The quantitative estimate of drug-likeness (QED) is 0.704. The van der Waals surface area contributed by atoms with Gasteiger partial charge in [0.05, 0.1) is 11.3 Å². The SMILES string of the molecule is CCCNCc1ccc(N(C)CCCOC)c(C#N)c1. The Kier molecular flexibility index (Phi) is 7.71. The number of anilines is 1. The largest absolute Gasteiger partial charge is 0.385 e. The van der Waals surface area contributed by atoms with E-state index in [1.54, 1.807) is 7.11 Å². The van der Waals surface area contributed by atoms with Gasteiger partial charge >= 0.3 is 0 Å². The van der Waals surface area contributed by atoms with Crippen molar-refractivity contribution in [1.82, 2.24) is 5.32 Å². The van der Waals surface area contributed by atoms with Gasteiger partial charge in [0.2, 0.25) is 0 Å². The third kappa shape index (κ3) is 5.20. The highest BCUT2D eigenvalue weighted by molar-refractivity contribution is 5.60. The maximum Gasteiger partial charge on any atom is 0.101 e. The summed E-state index contributed by atoms with van der Waals surface area (Å²) in [5, 5.41) is 12.7. The highest BCUT2D eigenvalue weighted by Crippen LogP contribution is 2.20. The molecule has 0 aromatic heterocycles. The lowest BCUT2D eigenvalue weighted by molar-refractivity contribution is 0.196. The Labute approximate surface area is 122 Å². The number of nitrogens with one attached hydrogen (secondary N) is 1. The van der Waals surface area contributed by atoms with Gasteiger partial charge in [-0.2, -0.15) is 5.26 Å². The number of hydrogen-bond acceptors (Lipinski definition) is 4. The van der Waals surface area contributed by atoms with Crippen molar-refractivity contribution in [1.29, 1.82) is 5.26 Å². The highest BCUT2D eigenvalue weighted by atomic mass is 16.5. The summed E-state index contributed by atoms with van der Waals surface area (Å²) in [4.78, 5) is 2.11. The standard InChI is InChI=1S/C16H25N3O/c1-4-8-18-13-14-6-7-16(15(11-14)12-17)19(2)9-5-10-20-3/h6-7,11,18H,4-5,8-10,13H2,1-3H3. The van der Waals surface area contributed by atoms with E-state index in [-0.39, 0.29) is 0 Å². The molecule has 0 heterocycles. The molecule has 1 aromatic rings. The Hall–Kier alpha value is -1.57. The van der Waals surface area contributed by atoms with Crippen molar-refractivity contribution in [2.45, 2.75) is 26.3 Å². The van der Waals surface area contributed by atoms with E-state index in [0.717, 1.165) is 55.9 Å². The lowest BCUT2D eigenvalue weighted by Crippen LogP contribution is -2.21. The zero-order chi connectivity index (χ0) is 14.8. The van der Waals surface area contributed by atoms with Crippen molar-refractivity contribution in [2.24, 2.45) is 0 Å². The third-order valence-electron chi connectivity index (χ3n) is 3.19. The first-order chi connectivity index (χ1) is 9.72. The van der Waals surface area contributed by atoms with Crippen molar-refractivity contribution < 1.29 is 4.74 Å². The molecule has 1 N–H and O–H groups in total. The molecule has 0 amide bonds. The number of nitrogens with zero attached hydrogens (tertiary/aromatic N) is 2. The predicted octanol–water partition coefficient (Wildman–Crippen LogP) is 2.53. The monoisotopic (exact) mass is 275 g/mol. The third-order valence-corrected chi connectivity index (χ3v) is 3.19. The first kappa shape index (κ1) is 16.5. The van der Waals surface area contributed by atoms with Gasteiger partial charge in [0.25, 0.3) is 0 Å². The molecule has 20 heavy (non-hydrogen) atoms. The second-order valence-corrected chi connectivity index (χ2v) is 4.91. The molecule has 0 bridgehead atoms. The molecule has 0 unspecified atom stereocenters. The summed E-state index contributed by atoms with van der Waals surface area (Å²) >= 11 is 0. The summed E-state index contributed by atoms with van der Waals surface area (Å²) < 4.78 is 5.06. The van der Waals surface area contributed by atoms with Crippen molar-refractivity contribution in [2.75, 3.05) is 38.8 Å². The molecular formula is C16H25N3O. The van der Waals surface area contributed by atoms with Gasteiger partial charge in [-0.15, -0.1) is 0 Å². The van der Waals surface area contributed by atoms with Crippen LogP contribution in [0.3, 0.4) is 0 Å². The fraction of sp³-hybridized carbons (Fsp3) is 0.562. The van der Waals surface area contributed by atoms with E-state index in [1.165, 1.54) is 0 Å². The summed E-state index contributed by atoms with van der Waals surface area (Å²) in [6, 6.07) is 8.40. The van der Waals surface area contributed by atoms with Crippen LogP contribution in [0.2, 0.25) is 0 Å². The van der Waals surface area contributed by atoms with Crippen molar-refractivity contribution in [3.63, 3.8) is 0 Å². The Morgan fingerprint density at radius 2 is 2.20 bits per heavy atom. The molecule has 0 fully saturated rings. The van der Waals surface area contributed by atoms with Gasteiger partial charge < -0.3 is 15.0 Å². The second kappa shape index (κ2) is 9.35. The normalized spacial score (nSPS) is 10.3. The minimum absolute atomic E-state index is 0.737. The Bertz CT molecular complexity index is 440. The molecule has 4 heteroatoms. The summed E-state index contributed by atoms with van der Waals surface area (Å²) in [6.07, 6.45) is 2.07. The van der Waals surface area contributed by atoms with Crippen molar-refractivity contribution in [3.8, 4) is 6.07 Å². The Balaban J connectivity index is 2.69. The van der Waals surface area contributed by atoms with E-state index < -0.39 is 0 Å². The molecule has 0 aliphatic rings. The van der Waals surface area contributed by atoms with E-state index >= 15 is 0 Å². The highest BCUT2D eigenvalue weighted by Gasteiger charge is 2.08. The maximum atomic E-state index is 9.31. The number of ether oxygens (including phenoxy) is 1. The number of methoxy groups -OCH3 is 1. The molecule has 4 nitrogen and oxygen atoms in total. The fourth-order valence-electron chi connectivity index (χ4n) is 2.09. The van der Waals surface area contributed by atoms with Crippen LogP contribution in [-0.4, -0.2) is 33.9 Å². The van der Waals surface area contributed by atoms with Crippen molar-refractivity contribution in [3.05, 3.63) is 29.3 Å². The summed E-state index contributed by atoms with van der Waals surface area (Å²) in [5.41, 5.74) is 2.88. The summed E-state index contributed by atoms with van der Waals surface area (Å²) in [7, 11) is 3.72. The van der Waals surface area contributed by atoms with Crippen LogP contribution in [0.1, 0.15) is 30.9 Å². The minimum atomic E-state index is 0.737. The number of rotatable bonds is 9. The van der Waals surface area contributed by atoms with Gasteiger partial charge in [-0.1, -0.05) is 13.0 Å². The minimum Gasteiger partial charge on any atom is -0.385 e. The molecule has 0 saturated heterocycles. The van der Waals surface area contributed by atoms with Crippen LogP contribution in [-0.2, 0) is 11.3 Å². The Morgan fingerprint density at radius 3 is 2.85 bits per heavy atom.